The van der Waals surface area contributed by atoms with Crippen molar-refractivity contribution in [2.45, 2.75) is 12.0 Å². The Bertz CT molecular complexity index is 2360. The minimum absolute atomic E-state index is 0.000275. The van der Waals surface area contributed by atoms with Gasteiger partial charge in [-0.25, -0.2) is 0 Å². The summed E-state index contributed by atoms with van der Waals surface area (Å²) in [7, 11) is 0. The maximum absolute atomic E-state index is 6.64. The molecule has 224 valence electrons. The van der Waals surface area contributed by atoms with Crippen LogP contribution in [0.15, 0.2) is 146 Å². The van der Waals surface area contributed by atoms with E-state index in [1.807, 2.05) is 0 Å². The number of anilines is 8. The number of para-hydroxylation sites is 7. The molecule has 0 saturated heterocycles. The first-order chi connectivity index (χ1) is 23.8. The summed E-state index contributed by atoms with van der Waals surface area (Å²) in [6.45, 7) is 0.000275. The SMILES string of the molecule is C1=CC2c3ccccc3N(c3cc4c5c(c3)N3c6ccccc6Oc6cccc(c63)B5c3cccc5c3N4c3ccccc3O5)C2C=C1. The minimum atomic E-state index is 0.000275. The summed E-state index contributed by atoms with van der Waals surface area (Å²) in [5.41, 5.74) is 14.2. The van der Waals surface area contributed by atoms with Crippen molar-refractivity contribution in [3.63, 3.8) is 0 Å². The van der Waals surface area contributed by atoms with Crippen molar-refractivity contribution < 1.29 is 9.47 Å². The summed E-state index contributed by atoms with van der Waals surface area (Å²) in [6, 6.07) is 43.8. The fourth-order valence-electron chi connectivity index (χ4n) is 9.10. The highest BCUT2D eigenvalue weighted by Crippen LogP contribution is 2.58. The van der Waals surface area contributed by atoms with Crippen molar-refractivity contribution in [1.82, 2.24) is 0 Å². The second-order valence-corrected chi connectivity index (χ2v) is 13.2. The normalized spacial score (nSPS) is 18.8. The molecular formula is C42H26BN3O2. The molecule has 0 radical (unpaired) electrons. The molecule has 6 aromatic rings. The third-order valence-electron chi connectivity index (χ3n) is 10.9. The average Bonchev–Trinajstić information content (AvgIpc) is 3.48. The van der Waals surface area contributed by atoms with E-state index in [1.54, 1.807) is 0 Å². The van der Waals surface area contributed by atoms with Crippen LogP contribution in [0.3, 0.4) is 0 Å². The zero-order chi connectivity index (χ0) is 31.1. The lowest BCUT2D eigenvalue weighted by atomic mass is 9.33. The highest BCUT2D eigenvalue weighted by atomic mass is 16.5. The van der Waals surface area contributed by atoms with Crippen LogP contribution in [0.5, 0.6) is 23.0 Å². The first-order valence-electron chi connectivity index (χ1n) is 16.6. The molecule has 6 heteroatoms. The zero-order valence-corrected chi connectivity index (χ0v) is 25.7. The van der Waals surface area contributed by atoms with Crippen LogP contribution in [0.4, 0.5) is 45.5 Å². The third-order valence-corrected chi connectivity index (χ3v) is 10.9. The molecule has 0 aromatic heterocycles. The molecule has 48 heavy (non-hydrogen) atoms. The molecule has 2 atom stereocenters. The Balaban J connectivity index is 1.22. The molecule has 0 amide bonds. The van der Waals surface area contributed by atoms with Gasteiger partial charge in [0, 0.05) is 28.7 Å². The lowest BCUT2D eigenvalue weighted by Crippen LogP contribution is -2.62. The van der Waals surface area contributed by atoms with Crippen molar-refractivity contribution in [2.75, 3.05) is 14.7 Å². The monoisotopic (exact) mass is 615 g/mol. The van der Waals surface area contributed by atoms with Gasteiger partial charge in [0.15, 0.2) is 23.0 Å². The molecule has 1 aliphatic carbocycles. The fourth-order valence-corrected chi connectivity index (χ4v) is 9.10. The zero-order valence-electron chi connectivity index (χ0n) is 25.7. The van der Waals surface area contributed by atoms with E-state index >= 15 is 0 Å². The Morgan fingerprint density at radius 2 is 1.04 bits per heavy atom. The molecule has 5 aliphatic heterocycles. The number of benzene rings is 6. The third kappa shape index (κ3) is 2.99. The average molecular weight is 616 g/mol. The maximum Gasteiger partial charge on any atom is 0.252 e. The Morgan fingerprint density at radius 3 is 1.69 bits per heavy atom. The van der Waals surface area contributed by atoms with Gasteiger partial charge in [-0.15, -0.1) is 0 Å². The molecule has 12 rings (SSSR count). The van der Waals surface area contributed by atoms with Gasteiger partial charge in [-0.3, -0.25) is 0 Å². The van der Waals surface area contributed by atoms with Crippen LogP contribution in [0.25, 0.3) is 0 Å². The van der Waals surface area contributed by atoms with Crippen LogP contribution >= 0.6 is 0 Å². The number of nitrogens with zero attached hydrogens (tertiary/aromatic N) is 3. The van der Waals surface area contributed by atoms with Gasteiger partial charge in [-0.1, -0.05) is 91.0 Å². The Morgan fingerprint density at radius 1 is 0.500 bits per heavy atom. The Labute approximate surface area is 278 Å². The van der Waals surface area contributed by atoms with E-state index in [9.17, 15) is 0 Å². The van der Waals surface area contributed by atoms with E-state index in [0.717, 1.165) is 51.4 Å². The standard InChI is InChI=1S/C42H26BN3O2/c1-3-15-30-26(11-1)27-12-2-4-16-31(27)44(30)25-23-34-40-35(24-25)46-33-18-6-8-20-37(33)48-39-22-10-14-29(42(39)46)43(40)28-13-9-21-38-41(28)45(34)32-17-5-7-19-36(32)47-38/h1-24,26,30H. The number of ether oxygens (including phenoxy) is 2. The molecule has 0 saturated carbocycles. The largest absolute Gasteiger partial charge is 0.453 e. The molecule has 6 aliphatic rings. The van der Waals surface area contributed by atoms with E-state index in [0.29, 0.717) is 5.92 Å². The molecule has 0 spiro atoms. The molecular weight excluding hydrogens is 589 g/mol. The Hall–Kier alpha value is -6.14. The molecule has 5 heterocycles. The second-order valence-electron chi connectivity index (χ2n) is 13.2. The quantitative estimate of drug-likeness (QED) is 0.172. The molecule has 2 unspecified atom stereocenters. The van der Waals surface area contributed by atoms with Gasteiger partial charge in [0.1, 0.15) is 0 Å². The van der Waals surface area contributed by atoms with Gasteiger partial charge in [0.2, 0.25) is 0 Å². The van der Waals surface area contributed by atoms with Crippen LogP contribution in [0.1, 0.15) is 11.5 Å². The number of rotatable bonds is 1. The summed E-state index contributed by atoms with van der Waals surface area (Å²) in [5, 5.41) is 0. The maximum atomic E-state index is 6.64. The molecule has 0 bridgehead atoms. The van der Waals surface area contributed by atoms with E-state index in [2.05, 4.69) is 160 Å². The van der Waals surface area contributed by atoms with Gasteiger partial charge >= 0.3 is 0 Å². The van der Waals surface area contributed by atoms with E-state index < -0.39 is 0 Å². The number of fused-ring (bicyclic) bond motifs is 11. The summed E-state index contributed by atoms with van der Waals surface area (Å²) < 4.78 is 13.3. The van der Waals surface area contributed by atoms with Crippen LogP contribution in [0.2, 0.25) is 0 Å². The van der Waals surface area contributed by atoms with Crippen LogP contribution in [0, 0.1) is 0 Å². The smallest absolute Gasteiger partial charge is 0.252 e. The first kappa shape index (κ1) is 25.0. The highest BCUT2D eigenvalue weighted by molar-refractivity contribution is 7.00. The van der Waals surface area contributed by atoms with Crippen molar-refractivity contribution in [3.05, 3.63) is 151 Å². The van der Waals surface area contributed by atoms with Crippen LogP contribution in [-0.2, 0) is 0 Å². The summed E-state index contributed by atoms with van der Waals surface area (Å²) in [5.74, 6) is 3.78. The first-order valence-corrected chi connectivity index (χ1v) is 16.6. The lowest BCUT2D eigenvalue weighted by molar-refractivity contribution is 0.477. The highest BCUT2D eigenvalue weighted by Gasteiger charge is 2.49. The van der Waals surface area contributed by atoms with Crippen LogP contribution in [-0.4, -0.2) is 12.8 Å². The van der Waals surface area contributed by atoms with Gasteiger partial charge in [0.25, 0.3) is 6.71 Å². The molecule has 5 nitrogen and oxygen atoms in total. The Kier molecular flexibility index (Phi) is 4.59. The van der Waals surface area contributed by atoms with Gasteiger partial charge < -0.3 is 24.2 Å². The number of hydrogen-bond acceptors (Lipinski definition) is 5. The topological polar surface area (TPSA) is 28.2 Å². The minimum Gasteiger partial charge on any atom is -0.453 e. The predicted molar refractivity (Wildman–Crippen MR) is 194 cm³/mol. The predicted octanol–water partition coefficient (Wildman–Crippen LogP) is 8.71. The van der Waals surface area contributed by atoms with Crippen molar-refractivity contribution >= 4 is 68.6 Å². The van der Waals surface area contributed by atoms with E-state index in [1.165, 1.54) is 39.0 Å². The van der Waals surface area contributed by atoms with Crippen LogP contribution < -0.4 is 40.6 Å². The van der Waals surface area contributed by atoms with Crippen molar-refractivity contribution in [3.8, 4) is 23.0 Å². The molecule has 0 N–H and O–H groups in total. The number of allylic oxidation sites excluding steroid dienone is 2. The summed E-state index contributed by atoms with van der Waals surface area (Å²) in [4.78, 5) is 7.46. The molecule has 0 fully saturated rings. The van der Waals surface area contributed by atoms with Gasteiger partial charge in [-0.05, 0) is 76.5 Å². The summed E-state index contributed by atoms with van der Waals surface area (Å²) in [6.07, 6.45) is 9.09. The summed E-state index contributed by atoms with van der Waals surface area (Å²) >= 11 is 0. The fraction of sp³-hybridized carbons (Fsp3) is 0.0476. The van der Waals surface area contributed by atoms with Crippen molar-refractivity contribution in [1.29, 1.82) is 0 Å². The van der Waals surface area contributed by atoms with Gasteiger partial charge in [-0.2, -0.15) is 0 Å². The van der Waals surface area contributed by atoms with E-state index in [-0.39, 0.29) is 12.8 Å². The molecule has 6 aromatic carbocycles. The van der Waals surface area contributed by atoms with E-state index in [4.69, 9.17) is 9.47 Å². The van der Waals surface area contributed by atoms with Crippen molar-refractivity contribution in [2.24, 2.45) is 0 Å². The lowest BCUT2D eigenvalue weighted by Gasteiger charge is -2.47. The van der Waals surface area contributed by atoms with Gasteiger partial charge in [0.05, 0.1) is 28.8 Å². The number of hydrogen-bond donors (Lipinski definition) is 0. The second kappa shape index (κ2) is 8.81.